The summed E-state index contributed by atoms with van der Waals surface area (Å²) in [5, 5.41) is 14.4. The third-order valence-corrected chi connectivity index (χ3v) is 5.48. The highest BCUT2D eigenvalue weighted by atomic mass is 16.5. The van der Waals surface area contributed by atoms with Crippen LogP contribution >= 0.6 is 0 Å². The molecule has 2 saturated heterocycles. The summed E-state index contributed by atoms with van der Waals surface area (Å²) in [7, 11) is 0. The van der Waals surface area contributed by atoms with Gasteiger partial charge in [-0.25, -0.2) is 0 Å². The lowest BCUT2D eigenvalue weighted by atomic mass is 10.0. The highest BCUT2D eigenvalue weighted by Crippen LogP contribution is 2.33. The fraction of sp³-hybridized carbons (Fsp3) is 0.474. The third kappa shape index (κ3) is 3.81. The molecule has 154 valence electrons. The molecular formula is C19H21N4O6-. The number of ether oxygens (including phenoxy) is 1. The van der Waals surface area contributed by atoms with Gasteiger partial charge >= 0.3 is 0 Å². The predicted octanol–water partition coefficient (Wildman–Crippen LogP) is -0.532. The molecule has 0 bridgehead atoms. The standard InChI is InChI=1S/C19H21N4O6/c24-16-5-4-14(18(26)20-16)23-10-13-12(19(23)27)2-1-3-15(13)29-11-17(25)21-6-8-22(28)9-7-21/h1-3,14H,4-11H2,(H,20,24,26)/q-1. The molecule has 1 N–H and O–H groups in total. The number of benzene rings is 1. The molecule has 0 saturated carbocycles. The van der Waals surface area contributed by atoms with Gasteiger partial charge in [-0.2, -0.15) is 0 Å². The van der Waals surface area contributed by atoms with Gasteiger partial charge in [-0.15, -0.1) is 0 Å². The maximum Gasteiger partial charge on any atom is 0.260 e. The fourth-order valence-electron chi connectivity index (χ4n) is 3.86. The second-order valence-electron chi connectivity index (χ2n) is 7.28. The number of hydroxylamine groups is 2. The highest BCUT2D eigenvalue weighted by Gasteiger charge is 2.40. The summed E-state index contributed by atoms with van der Waals surface area (Å²) in [6, 6.07) is 4.31. The molecule has 3 aliphatic rings. The molecule has 10 heteroatoms. The second kappa shape index (κ2) is 7.80. The predicted molar refractivity (Wildman–Crippen MR) is 99.5 cm³/mol. The van der Waals surface area contributed by atoms with Crippen LogP contribution in [0.15, 0.2) is 18.2 Å². The van der Waals surface area contributed by atoms with E-state index in [1.165, 1.54) is 4.90 Å². The molecular weight excluding hydrogens is 380 g/mol. The Morgan fingerprint density at radius 1 is 1.17 bits per heavy atom. The Hall–Kier alpha value is -2.98. The van der Waals surface area contributed by atoms with E-state index in [0.29, 0.717) is 30.0 Å². The van der Waals surface area contributed by atoms with Crippen LogP contribution in [0.5, 0.6) is 5.75 Å². The number of hydrogen-bond acceptors (Lipinski definition) is 7. The minimum absolute atomic E-state index is 0.180. The van der Waals surface area contributed by atoms with Gasteiger partial charge in [0.05, 0.1) is 6.54 Å². The minimum Gasteiger partial charge on any atom is -0.785 e. The Kier molecular flexibility index (Phi) is 5.20. The first kappa shape index (κ1) is 19.3. The third-order valence-electron chi connectivity index (χ3n) is 5.48. The van der Waals surface area contributed by atoms with Crippen molar-refractivity contribution in [1.82, 2.24) is 20.2 Å². The van der Waals surface area contributed by atoms with Crippen LogP contribution < -0.4 is 10.1 Å². The zero-order valence-electron chi connectivity index (χ0n) is 15.8. The van der Waals surface area contributed by atoms with Crippen molar-refractivity contribution in [2.45, 2.75) is 25.4 Å². The van der Waals surface area contributed by atoms with Crippen molar-refractivity contribution in [2.75, 3.05) is 32.8 Å². The van der Waals surface area contributed by atoms with E-state index in [9.17, 15) is 24.4 Å². The summed E-state index contributed by atoms with van der Waals surface area (Å²) >= 11 is 0. The van der Waals surface area contributed by atoms with Crippen molar-refractivity contribution >= 4 is 23.6 Å². The Labute approximate surface area is 166 Å². The zero-order valence-corrected chi connectivity index (χ0v) is 15.8. The fourth-order valence-corrected chi connectivity index (χ4v) is 3.86. The lowest BCUT2D eigenvalue weighted by molar-refractivity contribution is -0.137. The molecule has 4 rings (SSSR count). The van der Waals surface area contributed by atoms with Crippen molar-refractivity contribution in [1.29, 1.82) is 0 Å². The topological polar surface area (TPSA) is 122 Å². The Balaban J connectivity index is 1.44. The van der Waals surface area contributed by atoms with Gasteiger partial charge in [-0.3, -0.25) is 24.5 Å². The SMILES string of the molecule is O=C1CCC(N2Cc3c(OCC(=O)N4CCN([O-])CC4)cccc3C2=O)C(=O)N1. The lowest BCUT2D eigenvalue weighted by Crippen LogP contribution is -2.52. The van der Waals surface area contributed by atoms with Crippen molar-refractivity contribution in [2.24, 2.45) is 0 Å². The molecule has 3 heterocycles. The Morgan fingerprint density at radius 2 is 1.93 bits per heavy atom. The average molecular weight is 401 g/mol. The van der Waals surface area contributed by atoms with Crippen LogP contribution in [0.1, 0.15) is 28.8 Å². The molecule has 2 fully saturated rings. The summed E-state index contributed by atoms with van der Waals surface area (Å²) in [6.07, 6.45) is 0.468. The quantitative estimate of drug-likeness (QED) is 0.673. The number of rotatable bonds is 4. The van der Waals surface area contributed by atoms with Crippen LogP contribution in [0, 0.1) is 5.21 Å². The number of carbonyl (C=O) groups excluding carboxylic acids is 4. The molecule has 1 unspecified atom stereocenters. The first-order chi connectivity index (χ1) is 13.9. The van der Waals surface area contributed by atoms with E-state index < -0.39 is 11.9 Å². The monoisotopic (exact) mass is 401 g/mol. The highest BCUT2D eigenvalue weighted by molar-refractivity contribution is 6.05. The molecule has 0 aromatic heterocycles. The molecule has 3 aliphatic heterocycles. The van der Waals surface area contributed by atoms with E-state index in [1.54, 1.807) is 23.1 Å². The van der Waals surface area contributed by atoms with Gasteiger partial charge in [0.1, 0.15) is 11.8 Å². The number of nitrogens with zero attached hydrogens (tertiary/aromatic N) is 3. The number of imide groups is 1. The van der Waals surface area contributed by atoms with Gasteiger partial charge < -0.3 is 24.8 Å². The molecule has 0 radical (unpaired) electrons. The van der Waals surface area contributed by atoms with Gasteiger partial charge in [-0.1, -0.05) is 6.07 Å². The van der Waals surface area contributed by atoms with Crippen LogP contribution in [0.2, 0.25) is 0 Å². The van der Waals surface area contributed by atoms with Gasteiger partial charge in [0, 0.05) is 43.7 Å². The van der Waals surface area contributed by atoms with Crippen molar-refractivity contribution in [3.63, 3.8) is 0 Å². The van der Waals surface area contributed by atoms with E-state index in [0.717, 1.165) is 5.06 Å². The number of piperazine rings is 1. The maximum atomic E-state index is 12.8. The van der Waals surface area contributed by atoms with Crippen LogP contribution in [0.4, 0.5) is 0 Å². The number of amides is 4. The van der Waals surface area contributed by atoms with E-state index in [4.69, 9.17) is 4.74 Å². The molecule has 4 amide bonds. The first-order valence-electron chi connectivity index (χ1n) is 9.53. The number of fused-ring (bicyclic) bond motifs is 1. The van der Waals surface area contributed by atoms with Gasteiger partial charge in [0.15, 0.2) is 6.61 Å². The number of piperidine rings is 1. The van der Waals surface area contributed by atoms with Crippen LogP contribution in [-0.2, 0) is 20.9 Å². The van der Waals surface area contributed by atoms with Gasteiger partial charge in [0.2, 0.25) is 11.8 Å². The first-order valence-corrected chi connectivity index (χ1v) is 9.53. The molecule has 0 aliphatic carbocycles. The molecule has 1 aromatic rings. The molecule has 29 heavy (non-hydrogen) atoms. The van der Waals surface area contributed by atoms with Crippen molar-refractivity contribution in [3.05, 3.63) is 34.5 Å². The second-order valence-corrected chi connectivity index (χ2v) is 7.28. The normalized spacial score (nSPS) is 22.5. The average Bonchev–Trinajstić information content (AvgIpc) is 3.04. The van der Waals surface area contributed by atoms with Crippen LogP contribution in [0.25, 0.3) is 0 Å². The largest absolute Gasteiger partial charge is 0.785 e. The van der Waals surface area contributed by atoms with Gasteiger partial charge in [0.25, 0.3) is 11.8 Å². The summed E-state index contributed by atoms with van der Waals surface area (Å²) in [5.41, 5.74) is 1.05. The summed E-state index contributed by atoms with van der Waals surface area (Å²) in [6.45, 7) is 1.27. The smallest absolute Gasteiger partial charge is 0.260 e. The lowest BCUT2D eigenvalue weighted by Gasteiger charge is -2.38. The van der Waals surface area contributed by atoms with Crippen LogP contribution in [-0.4, -0.2) is 77.3 Å². The van der Waals surface area contributed by atoms with Crippen molar-refractivity contribution in [3.8, 4) is 5.75 Å². The van der Waals surface area contributed by atoms with E-state index in [1.807, 2.05) is 0 Å². The van der Waals surface area contributed by atoms with E-state index >= 15 is 0 Å². The minimum atomic E-state index is -0.703. The molecule has 1 atom stereocenters. The number of hydrogen-bond donors (Lipinski definition) is 1. The maximum absolute atomic E-state index is 12.8. The Bertz CT molecular complexity index is 864. The van der Waals surface area contributed by atoms with Gasteiger partial charge in [-0.05, 0) is 18.6 Å². The Morgan fingerprint density at radius 3 is 2.66 bits per heavy atom. The summed E-state index contributed by atoms with van der Waals surface area (Å²) in [5.74, 6) is -0.908. The molecule has 1 aromatic carbocycles. The summed E-state index contributed by atoms with van der Waals surface area (Å²) in [4.78, 5) is 51.7. The van der Waals surface area contributed by atoms with E-state index in [-0.39, 0.29) is 56.8 Å². The number of carbonyl (C=O) groups is 4. The molecule has 0 spiro atoms. The number of nitrogens with one attached hydrogen (secondary N) is 1. The summed E-state index contributed by atoms with van der Waals surface area (Å²) < 4.78 is 5.70. The van der Waals surface area contributed by atoms with Crippen LogP contribution in [0.3, 0.4) is 0 Å². The zero-order chi connectivity index (χ0) is 20.5. The molecule has 10 nitrogen and oxygen atoms in total. The van der Waals surface area contributed by atoms with E-state index in [2.05, 4.69) is 5.32 Å². The van der Waals surface area contributed by atoms with Crippen molar-refractivity contribution < 1.29 is 23.9 Å².